The number of rotatable bonds is 5. The van der Waals surface area contributed by atoms with Crippen LogP contribution in [0.3, 0.4) is 0 Å². The number of anilines is 1. The quantitative estimate of drug-likeness (QED) is 0.272. The monoisotopic (exact) mass is 519 g/mol. The number of nitrogens with one attached hydrogen (secondary N) is 1. The lowest BCUT2D eigenvalue weighted by molar-refractivity contribution is -0.122. The van der Waals surface area contributed by atoms with Crippen LogP contribution in [-0.2, 0) is 16.1 Å². The van der Waals surface area contributed by atoms with Gasteiger partial charge in [-0.1, -0.05) is 53.5 Å². The number of hydrogen-bond donors (Lipinski definition) is 1. The van der Waals surface area contributed by atoms with Crippen LogP contribution in [0.25, 0.3) is 17.0 Å². The molecule has 36 heavy (non-hydrogen) atoms. The van der Waals surface area contributed by atoms with Gasteiger partial charge >= 0.3 is 6.03 Å². The van der Waals surface area contributed by atoms with Crippen LogP contribution in [0.5, 0.6) is 5.75 Å². The number of benzene rings is 3. The molecule has 0 radical (unpaired) electrons. The summed E-state index contributed by atoms with van der Waals surface area (Å²) in [5.41, 5.74) is 2.68. The summed E-state index contributed by atoms with van der Waals surface area (Å²) < 4.78 is 7.17. The van der Waals surface area contributed by atoms with Crippen LogP contribution in [-0.4, -0.2) is 29.5 Å². The highest BCUT2D eigenvalue weighted by Gasteiger charge is 2.37. The van der Waals surface area contributed by atoms with Gasteiger partial charge in [0.15, 0.2) is 0 Å². The molecular formula is C27H19Cl2N3O4. The first kappa shape index (κ1) is 23.7. The summed E-state index contributed by atoms with van der Waals surface area (Å²) in [4.78, 5) is 39.5. The minimum atomic E-state index is -0.853. The maximum absolute atomic E-state index is 13.4. The number of methoxy groups -OCH3 is 1. The van der Waals surface area contributed by atoms with E-state index in [1.165, 1.54) is 25.3 Å². The van der Waals surface area contributed by atoms with Gasteiger partial charge in [-0.2, -0.15) is 0 Å². The lowest BCUT2D eigenvalue weighted by Gasteiger charge is -2.26. The molecule has 9 heteroatoms. The smallest absolute Gasteiger partial charge is 0.335 e. The number of para-hydroxylation sites is 1. The summed E-state index contributed by atoms with van der Waals surface area (Å²) in [6.07, 6.45) is 3.38. The summed E-state index contributed by atoms with van der Waals surface area (Å²) in [6, 6.07) is 18.9. The van der Waals surface area contributed by atoms with Crippen molar-refractivity contribution < 1.29 is 19.1 Å². The largest absolute Gasteiger partial charge is 0.495 e. The number of amides is 4. The fourth-order valence-electron chi connectivity index (χ4n) is 4.15. The molecule has 1 aliphatic rings. The molecule has 1 aliphatic heterocycles. The van der Waals surface area contributed by atoms with E-state index >= 15 is 0 Å². The van der Waals surface area contributed by atoms with Crippen LogP contribution in [0, 0.1) is 0 Å². The topological polar surface area (TPSA) is 80.6 Å². The molecule has 0 unspecified atom stereocenters. The minimum Gasteiger partial charge on any atom is -0.495 e. The van der Waals surface area contributed by atoms with Crippen LogP contribution < -0.4 is 15.0 Å². The summed E-state index contributed by atoms with van der Waals surface area (Å²) in [5.74, 6) is -1.12. The highest BCUT2D eigenvalue weighted by atomic mass is 35.5. The van der Waals surface area contributed by atoms with Crippen LogP contribution in [0.2, 0.25) is 10.0 Å². The van der Waals surface area contributed by atoms with Crippen LogP contribution in [0.4, 0.5) is 10.5 Å². The van der Waals surface area contributed by atoms with E-state index in [2.05, 4.69) is 5.32 Å². The zero-order valence-electron chi connectivity index (χ0n) is 19.0. The first-order chi connectivity index (χ1) is 17.4. The third-order valence-corrected chi connectivity index (χ3v) is 6.43. The highest BCUT2D eigenvalue weighted by Crippen LogP contribution is 2.32. The molecule has 0 saturated carbocycles. The van der Waals surface area contributed by atoms with Crippen molar-refractivity contribution in [3.05, 3.63) is 99.7 Å². The SMILES string of the molecule is COc1ccc(N2C(=O)NC(=O)/C(=C/c3cn(Cc4ccc(Cl)cc4)c4ccccc34)C2=O)cc1Cl. The van der Waals surface area contributed by atoms with Crippen molar-refractivity contribution in [1.82, 2.24) is 9.88 Å². The van der Waals surface area contributed by atoms with Gasteiger partial charge in [-0.3, -0.25) is 14.9 Å². The number of hydrogen-bond acceptors (Lipinski definition) is 4. The molecule has 3 aromatic carbocycles. The number of halogens is 2. The molecule has 4 amide bonds. The van der Waals surface area contributed by atoms with Gasteiger partial charge in [0.25, 0.3) is 11.8 Å². The van der Waals surface area contributed by atoms with E-state index in [0.29, 0.717) is 22.9 Å². The molecule has 5 rings (SSSR count). The summed E-state index contributed by atoms with van der Waals surface area (Å²) in [5, 5.41) is 3.98. The normalized spacial score (nSPS) is 15.0. The highest BCUT2D eigenvalue weighted by molar-refractivity contribution is 6.40. The molecule has 1 fully saturated rings. The van der Waals surface area contributed by atoms with Crippen LogP contribution >= 0.6 is 23.2 Å². The van der Waals surface area contributed by atoms with Crippen molar-refractivity contribution in [2.24, 2.45) is 0 Å². The number of aromatic nitrogens is 1. The third-order valence-electron chi connectivity index (χ3n) is 5.88. The number of nitrogens with zero attached hydrogens (tertiary/aromatic N) is 2. The second-order valence-electron chi connectivity index (χ2n) is 8.13. The average Bonchev–Trinajstić information content (AvgIpc) is 3.20. The van der Waals surface area contributed by atoms with E-state index in [1.54, 1.807) is 6.07 Å². The predicted molar refractivity (Wildman–Crippen MR) is 139 cm³/mol. The molecule has 2 heterocycles. The second-order valence-corrected chi connectivity index (χ2v) is 8.98. The molecule has 0 atom stereocenters. The van der Waals surface area contributed by atoms with E-state index < -0.39 is 17.8 Å². The maximum atomic E-state index is 13.4. The zero-order chi connectivity index (χ0) is 25.4. The number of carbonyl (C=O) groups is 3. The number of imide groups is 2. The molecule has 0 spiro atoms. The molecule has 1 N–H and O–H groups in total. The Bertz CT molecular complexity index is 1560. The molecule has 180 valence electrons. The van der Waals surface area contributed by atoms with Gasteiger partial charge in [0.1, 0.15) is 11.3 Å². The Morgan fingerprint density at radius 1 is 0.972 bits per heavy atom. The Labute approximate surface area is 216 Å². The zero-order valence-corrected chi connectivity index (χ0v) is 20.5. The maximum Gasteiger partial charge on any atom is 0.335 e. The van der Waals surface area contributed by atoms with E-state index in [1.807, 2.05) is 59.3 Å². The fourth-order valence-corrected chi connectivity index (χ4v) is 4.53. The first-order valence-corrected chi connectivity index (χ1v) is 11.7. The lowest BCUT2D eigenvalue weighted by Crippen LogP contribution is -2.54. The van der Waals surface area contributed by atoms with Gasteiger partial charge < -0.3 is 9.30 Å². The molecular weight excluding hydrogens is 501 g/mol. The van der Waals surface area contributed by atoms with Gasteiger partial charge in [0.05, 0.1) is 17.8 Å². The summed E-state index contributed by atoms with van der Waals surface area (Å²) in [6.45, 7) is 0.565. The molecule has 1 aromatic heterocycles. The van der Waals surface area contributed by atoms with Crippen molar-refractivity contribution >= 4 is 63.7 Å². The number of fused-ring (bicyclic) bond motifs is 1. The van der Waals surface area contributed by atoms with Crippen molar-refractivity contribution in [2.45, 2.75) is 6.54 Å². The van der Waals surface area contributed by atoms with Gasteiger partial charge in [0.2, 0.25) is 0 Å². The fraction of sp³-hybridized carbons (Fsp3) is 0.0741. The molecule has 1 saturated heterocycles. The summed E-state index contributed by atoms with van der Waals surface area (Å²) in [7, 11) is 1.46. The van der Waals surface area contributed by atoms with Crippen LogP contribution in [0.15, 0.2) is 78.5 Å². The standard InChI is InChI=1S/C27H19Cl2N3O4/c1-36-24-11-10-19(13-22(24)29)32-26(34)21(25(33)30-27(32)35)12-17-15-31(23-5-3-2-4-20(17)23)14-16-6-8-18(28)9-7-16/h2-13,15H,14H2,1H3,(H,30,33,35)/b21-12-. The number of carbonyl (C=O) groups excluding carboxylic acids is 3. The minimum absolute atomic E-state index is 0.170. The predicted octanol–water partition coefficient (Wildman–Crippen LogP) is 5.67. The Morgan fingerprint density at radius 3 is 2.44 bits per heavy atom. The Kier molecular flexibility index (Phi) is 6.26. The van der Waals surface area contributed by atoms with E-state index in [9.17, 15) is 14.4 Å². The van der Waals surface area contributed by atoms with Crippen LogP contribution in [0.1, 0.15) is 11.1 Å². The Hall–Kier alpha value is -4.07. The first-order valence-electron chi connectivity index (χ1n) is 10.9. The van der Waals surface area contributed by atoms with Gasteiger partial charge in [-0.15, -0.1) is 0 Å². The van der Waals surface area contributed by atoms with Crippen molar-refractivity contribution in [3.8, 4) is 5.75 Å². The van der Waals surface area contributed by atoms with E-state index in [4.69, 9.17) is 27.9 Å². The molecule has 0 bridgehead atoms. The molecule has 0 aliphatic carbocycles. The average molecular weight is 520 g/mol. The second kappa shape index (κ2) is 9.53. The third kappa shape index (κ3) is 4.34. The number of ether oxygens (including phenoxy) is 1. The summed E-state index contributed by atoms with van der Waals surface area (Å²) >= 11 is 12.2. The molecule has 4 aromatic rings. The van der Waals surface area contributed by atoms with E-state index in [-0.39, 0.29) is 16.3 Å². The number of barbiturate groups is 1. The van der Waals surface area contributed by atoms with Crippen molar-refractivity contribution in [1.29, 1.82) is 0 Å². The molecule has 7 nitrogen and oxygen atoms in total. The Morgan fingerprint density at radius 2 is 1.72 bits per heavy atom. The van der Waals surface area contributed by atoms with E-state index in [0.717, 1.165) is 21.4 Å². The van der Waals surface area contributed by atoms with Gasteiger partial charge in [-0.05, 0) is 48.0 Å². The van der Waals surface area contributed by atoms with Crippen molar-refractivity contribution in [3.63, 3.8) is 0 Å². The van der Waals surface area contributed by atoms with Gasteiger partial charge in [-0.25, -0.2) is 9.69 Å². The van der Waals surface area contributed by atoms with Gasteiger partial charge in [0, 0.05) is 34.2 Å². The lowest BCUT2D eigenvalue weighted by atomic mass is 10.1. The van der Waals surface area contributed by atoms with Crippen molar-refractivity contribution in [2.75, 3.05) is 12.0 Å². The Balaban J connectivity index is 1.55. The number of urea groups is 1.